The van der Waals surface area contributed by atoms with Crippen LogP contribution in [0.15, 0.2) is 182 Å². The molecule has 0 saturated carbocycles. The summed E-state index contributed by atoms with van der Waals surface area (Å²) in [5, 5.41) is -7.11. The summed E-state index contributed by atoms with van der Waals surface area (Å²) in [7, 11) is -7.60. The lowest BCUT2D eigenvalue weighted by Gasteiger charge is -2.34. The molecule has 0 aromatic heterocycles. The number of halogens is 9. The summed E-state index contributed by atoms with van der Waals surface area (Å²) in [5.41, 5.74) is 6.31. The molecule has 0 radical (unpaired) electrons. The fraction of sp³-hybridized carbons (Fsp3) is 0.122. The second-order valence-electron chi connectivity index (χ2n) is 12.0. The lowest BCUT2D eigenvalue weighted by Crippen LogP contribution is -2.63. The van der Waals surface area contributed by atoms with Gasteiger partial charge in [-0.25, -0.2) is 8.42 Å². The highest BCUT2D eigenvalue weighted by molar-refractivity contribution is 7.99. The van der Waals surface area contributed by atoms with Crippen molar-refractivity contribution in [2.24, 2.45) is 0 Å². The van der Waals surface area contributed by atoms with Crippen LogP contribution in [0.1, 0.15) is 5.56 Å². The first-order valence-corrected chi connectivity index (χ1v) is 19.7. The van der Waals surface area contributed by atoms with Crippen molar-refractivity contribution in [3.8, 4) is 22.3 Å². The largest absolute Gasteiger partial charge is 0.743 e. The summed E-state index contributed by atoms with van der Waals surface area (Å²) in [6.45, 7) is 2.22. The van der Waals surface area contributed by atoms with Gasteiger partial charge in [0, 0.05) is 15.4 Å². The SMILES string of the molecule is Cc1ccccc1[S+](c1ccc(Sc2ccc(-c3ccccc3)cc2)cc1)c1ccc(-c2ccccc2)cc1.O=S(=O)([O-])C(F)(F)C(F)(F)C(F)(F)C(F)(F)F. The van der Waals surface area contributed by atoms with Crippen LogP contribution in [0.2, 0.25) is 0 Å². The van der Waals surface area contributed by atoms with Crippen molar-refractivity contribution in [1.29, 1.82) is 0 Å². The van der Waals surface area contributed by atoms with Gasteiger partial charge in [0.05, 0.1) is 10.9 Å². The van der Waals surface area contributed by atoms with Gasteiger partial charge >= 0.3 is 23.3 Å². The monoisotopic (exact) mass is 836 g/mol. The van der Waals surface area contributed by atoms with Crippen molar-refractivity contribution in [3.63, 3.8) is 0 Å². The number of aryl methyl sites for hydroxylation is 1. The molecular formula is C41H29F9O3S3. The second kappa shape index (κ2) is 16.8. The topological polar surface area (TPSA) is 57.2 Å². The Labute approximate surface area is 324 Å². The Hall–Kier alpha value is -4.70. The van der Waals surface area contributed by atoms with E-state index >= 15 is 0 Å². The van der Waals surface area contributed by atoms with Crippen molar-refractivity contribution in [2.45, 2.75) is 54.7 Å². The van der Waals surface area contributed by atoms with E-state index in [0.717, 1.165) is 0 Å². The van der Waals surface area contributed by atoms with E-state index in [4.69, 9.17) is 0 Å². The van der Waals surface area contributed by atoms with E-state index in [2.05, 4.69) is 165 Å². The Bertz CT molecular complexity index is 2320. The van der Waals surface area contributed by atoms with Crippen LogP contribution < -0.4 is 0 Å². The molecule has 1 unspecified atom stereocenters. The summed E-state index contributed by atoms with van der Waals surface area (Å²) in [6, 6.07) is 57.0. The zero-order valence-electron chi connectivity index (χ0n) is 28.9. The Kier molecular flexibility index (Phi) is 12.7. The molecule has 0 amide bonds. The predicted molar refractivity (Wildman–Crippen MR) is 198 cm³/mol. The summed E-state index contributed by atoms with van der Waals surface area (Å²) >= 11 is 1.81. The first-order valence-electron chi connectivity index (χ1n) is 16.3. The number of hydrogen-bond acceptors (Lipinski definition) is 4. The predicted octanol–water partition coefficient (Wildman–Crippen LogP) is 12.5. The molecule has 0 aliphatic rings. The van der Waals surface area contributed by atoms with Crippen LogP contribution in [-0.4, -0.2) is 36.2 Å². The fourth-order valence-electron chi connectivity index (χ4n) is 5.23. The molecule has 0 saturated heterocycles. The molecule has 0 N–H and O–H groups in total. The van der Waals surface area contributed by atoms with Gasteiger partial charge in [-0.1, -0.05) is 103 Å². The highest BCUT2D eigenvalue weighted by atomic mass is 32.2. The van der Waals surface area contributed by atoms with Crippen molar-refractivity contribution < 1.29 is 52.5 Å². The van der Waals surface area contributed by atoms with Crippen LogP contribution in [0.25, 0.3) is 22.3 Å². The van der Waals surface area contributed by atoms with Crippen LogP contribution in [0, 0.1) is 6.92 Å². The molecule has 0 heterocycles. The van der Waals surface area contributed by atoms with Gasteiger partial charge in [0.25, 0.3) is 0 Å². The first kappa shape index (κ1) is 42.4. The zero-order valence-corrected chi connectivity index (χ0v) is 31.3. The average Bonchev–Trinajstić information content (AvgIpc) is 3.17. The highest BCUT2D eigenvalue weighted by Gasteiger charge is 2.83. The van der Waals surface area contributed by atoms with Gasteiger partial charge in [0.15, 0.2) is 24.8 Å². The highest BCUT2D eigenvalue weighted by Crippen LogP contribution is 2.54. The summed E-state index contributed by atoms with van der Waals surface area (Å²) in [6.07, 6.45) is -7.16. The minimum atomic E-state index is -7.43. The van der Waals surface area contributed by atoms with Gasteiger partial charge in [-0.3, -0.25) is 0 Å². The van der Waals surface area contributed by atoms with Crippen LogP contribution in [0.3, 0.4) is 0 Å². The van der Waals surface area contributed by atoms with Crippen LogP contribution in [0.5, 0.6) is 0 Å². The van der Waals surface area contributed by atoms with Gasteiger partial charge < -0.3 is 4.55 Å². The van der Waals surface area contributed by atoms with Gasteiger partial charge in [0.2, 0.25) is 0 Å². The maximum absolute atomic E-state index is 12.2. The van der Waals surface area contributed by atoms with Crippen LogP contribution >= 0.6 is 11.8 Å². The third-order valence-electron chi connectivity index (χ3n) is 8.20. The van der Waals surface area contributed by atoms with E-state index in [1.165, 1.54) is 52.3 Å². The Balaban J connectivity index is 0.000000300. The second-order valence-corrected chi connectivity index (χ2v) is 16.6. The normalized spacial score (nSPS) is 13.1. The van der Waals surface area contributed by atoms with Crippen molar-refractivity contribution in [1.82, 2.24) is 0 Å². The zero-order chi connectivity index (χ0) is 40.9. The molecular weight excluding hydrogens is 808 g/mol. The molecule has 0 aliphatic heterocycles. The van der Waals surface area contributed by atoms with E-state index in [0.29, 0.717) is 0 Å². The molecule has 0 spiro atoms. The maximum Gasteiger partial charge on any atom is 0.460 e. The molecule has 0 fully saturated rings. The summed E-state index contributed by atoms with van der Waals surface area (Å²) in [5.74, 6) is -14.8. The summed E-state index contributed by atoms with van der Waals surface area (Å²) < 4.78 is 135. The maximum atomic E-state index is 12.2. The molecule has 6 aromatic carbocycles. The van der Waals surface area contributed by atoms with Gasteiger partial charge in [-0.15, -0.1) is 0 Å². The fourth-order valence-corrected chi connectivity index (χ4v) is 8.69. The molecule has 0 aliphatic carbocycles. The van der Waals surface area contributed by atoms with E-state index in [9.17, 15) is 52.5 Å². The quantitative estimate of drug-likeness (QED) is 0.0783. The molecule has 15 heteroatoms. The Morgan fingerprint density at radius 2 is 0.839 bits per heavy atom. The van der Waals surface area contributed by atoms with Gasteiger partial charge in [-0.05, 0) is 95.9 Å². The number of benzene rings is 6. The van der Waals surface area contributed by atoms with Gasteiger partial charge in [-0.2, -0.15) is 39.5 Å². The molecule has 6 aromatic rings. The van der Waals surface area contributed by atoms with Crippen molar-refractivity contribution in [3.05, 3.63) is 163 Å². The van der Waals surface area contributed by atoms with Crippen molar-refractivity contribution >= 4 is 32.8 Å². The van der Waals surface area contributed by atoms with E-state index < -0.39 is 33.4 Å². The summed E-state index contributed by atoms with van der Waals surface area (Å²) in [4.78, 5) is 6.54. The molecule has 56 heavy (non-hydrogen) atoms. The minimum absolute atomic E-state index is 0.179. The number of hydrogen-bond donors (Lipinski definition) is 0. The molecule has 292 valence electrons. The molecule has 3 nitrogen and oxygen atoms in total. The standard InChI is InChI=1S/C37H29S2.C4HF9O3S/c1-28-10-8-9-15-37(28)39(35-24-18-32(19-25-35)30-13-6-3-7-14-30)36-26-22-34(23-27-36)38-33-20-16-31(17-21-33)29-11-4-2-5-12-29;5-1(6,3(9,10)11)2(7,8)4(12,13)17(14,15)16/h2-27H,1H3;(H,14,15,16)/q+1;/p-1. The molecule has 0 bridgehead atoms. The number of rotatable bonds is 10. The van der Waals surface area contributed by atoms with Crippen molar-refractivity contribution in [2.75, 3.05) is 0 Å². The third kappa shape index (κ3) is 9.12. The van der Waals surface area contributed by atoms with Gasteiger partial charge in [0.1, 0.15) is 0 Å². The molecule has 6 rings (SSSR count). The first-order chi connectivity index (χ1) is 26.2. The van der Waals surface area contributed by atoms with Crippen LogP contribution in [0.4, 0.5) is 39.5 Å². The molecule has 1 atom stereocenters. The third-order valence-corrected chi connectivity index (χ3v) is 12.5. The van der Waals surface area contributed by atoms with E-state index in [1.54, 1.807) is 0 Å². The smallest absolute Gasteiger partial charge is 0.460 e. The van der Waals surface area contributed by atoms with Crippen LogP contribution in [-0.2, 0) is 21.0 Å². The average molecular weight is 837 g/mol. The lowest BCUT2D eigenvalue weighted by atomic mass is 10.1. The number of alkyl halides is 9. The van der Waals surface area contributed by atoms with E-state index in [1.807, 2.05) is 11.8 Å². The Morgan fingerprint density at radius 1 is 0.482 bits per heavy atom. The van der Waals surface area contributed by atoms with E-state index in [-0.39, 0.29) is 10.9 Å². The Morgan fingerprint density at radius 3 is 1.25 bits per heavy atom. The minimum Gasteiger partial charge on any atom is -0.743 e. The lowest BCUT2D eigenvalue weighted by molar-refractivity contribution is -0.382.